The Bertz CT molecular complexity index is 418. The van der Waals surface area contributed by atoms with Crippen molar-refractivity contribution in [3.63, 3.8) is 0 Å². The van der Waals surface area contributed by atoms with Crippen molar-refractivity contribution < 1.29 is 14.3 Å². The molecule has 0 aliphatic rings. The lowest BCUT2D eigenvalue weighted by atomic mass is 10.1. The number of hydrogen-bond donors (Lipinski definition) is 0. The van der Waals surface area contributed by atoms with E-state index in [4.69, 9.17) is 11.6 Å². The number of hydrogen-bond acceptors (Lipinski definition) is 3. The van der Waals surface area contributed by atoms with Crippen LogP contribution >= 0.6 is 27.5 Å². The second-order valence-electron chi connectivity index (χ2n) is 3.12. The fraction of sp³-hybridized carbons (Fsp3) is 0.273. The molecule has 1 aromatic rings. The number of benzene rings is 1. The van der Waals surface area contributed by atoms with Crippen LogP contribution in [0.5, 0.6) is 0 Å². The minimum Gasteiger partial charge on any atom is -0.469 e. The zero-order valence-electron chi connectivity index (χ0n) is 8.63. The maximum Gasteiger partial charge on any atom is 0.305 e. The lowest BCUT2D eigenvalue weighted by Crippen LogP contribution is -2.06. The molecule has 0 atom stereocenters. The number of rotatable bonds is 4. The Morgan fingerprint density at radius 3 is 2.62 bits per heavy atom. The molecule has 0 unspecified atom stereocenters. The van der Waals surface area contributed by atoms with E-state index in [9.17, 15) is 9.59 Å². The van der Waals surface area contributed by atoms with E-state index in [1.165, 1.54) is 7.11 Å². The molecule has 1 aromatic carbocycles. The minimum atomic E-state index is -0.401. The van der Waals surface area contributed by atoms with Gasteiger partial charge < -0.3 is 4.74 Å². The Kier molecular flexibility index (Phi) is 4.96. The fourth-order valence-electron chi connectivity index (χ4n) is 1.17. The van der Waals surface area contributed by atoms with Gasteiger partial charge in [0.25, 0.3) is 0 Å². The van der Waals surface area contributed by atoms with Crippen LogP contribution in [0.4, 0.5) is 0 Å². The summed E-state index contributed by atoms with van der Waals surface area (Å²) in [6.45, 7) is 0. The highest BCUT2D eigenvalue weighted by molar-refractivity contribution is 9.10. The first kappa shape index (κ1) is 13.2. The maximum absolute atomic E-state index is 11.7. The Morgan fingerprint density at radius 2 is 2.06 bits per heavy atom. The van der Waals surface area contributed by atoms with E-state index in [1.807, 2.05) is 0 Å². The van der Waals surface area contributed by atoms with Gasteiger partial charge in [-0.3, -0.25) is 9.59 Å². The number of methoxy groups -OCH3 is 1. The molecule has 0 saturated heterocycles. The third-order valence-electron chi connectivity index (χ3n) is 2.02. The largest absolute Gasteiger partial charge is 0.469 e. The van der Waals surface area contributed by atoms with Gasteiger partial charge in [-0.1, -0.05) is 27.5 Å². The highest BCUT2D eigenvalue weighted by Crippen LogP contribution is 2.22. The smallest absolute Gasteiger partial charge is 0.305 e. The predicted octanol–water partition coefficient (Wildman–Crippen LogP) is 3.24. The van der Waals surface area contributed by atoms with Crippen LogP contribution < -0.4 is 0 Å². The number of ether oxygens (including phenoxy) is 1. The summed E-state index contributed by atoms with van der Waals surface area (Å²) >= 11 is 9.16. The first-order valence-electron chi connectivity index (χ1n) is 4.59. The van der Waals surface area contributed by atoms with Gasteiger partial charge in [-0.2, -0.15) is 0 Å². The summed E-state index contributed by atoms with van der Waals surface area (Å²) in [5, 5.41) is 0.379. The molecule has 0 spiro atoms. The number of esters is 1. The fourth-order valence-corrected chi connectivity index (χ4v) is 1.95. The molecule has 0 bridgehead atoms. The van der Waals surface area contributed by atoms with Crippen molar-refractivity contribution in [2.75, 3.05) is 7.11 Å². The van der Waals surface area contributed by atoms with Gasteiger partial charge in [0.1, 0.15) is 0 Å². The molecule has 0 aliphatic heterocycles. The van der Waals surface area contributed by atoms with Crippen LogP contribution in [-0.4, -0.2) is 18.9 Å². The van der Waals surface area contributed by atoms with Gasteiger partial charge in [0, 0.05) is 16.5 Å². The molecule has 0 heterocycles. The van der Waals surface area contributed by atoms with Crippen molar-refractivity contribution >= 4 is 39.3 Å². The van der Waals surface area contributed by atoms with Crippen LogP contribution in [0.15, 0.2) is 22.7 Å². The molecule has 0 fully saturated rings. The van der Waals surface area contributed by atoms with Crippen molar-refractivity contribution in [1.29, 1.82) is 0 Å². The van der Waals surface area contributed by atoms with E-state index in [0.717, 1.165) is 4.47 Å². The number of ketones is 1. The highest BCUT2D eigenvalue weighted by atomic mass is 79.9. The SMILES string of the molecule is COC(=O)CCC(=O)c1ccc(Br)cc1Cl. The third-order valence-corrected chi connectivity index (χ3v) is 2.82. The number of carbonyl (C=O) groups is 2. The van der Waals surface area contributed by atoms with Crippen LogP contribution in [0, 0.1) is 0 Å². The molecule has 0 radical (unpaired) electrons. The van der Waals surface area contributed by atoms with Crippen LogP contribution in [0.3, 0.4) is 0 Å². The van der Waals surface area contributed by atoms with Crippen molar-refractivity contribution in [2.24, 2.45) is 0 Å². The maximum atomic E-state index is 11.7. The first-order chi connectivity index (χ1) is 7.54. The molecule has 1 rings (SSSR count). The molecule has 3 nitrogen and oxygen atoms in total. The summed E-state index contributed by atoms with van der Waals surface area (Å²) in [5.41, 5.74) is 0.425. The van der Waals surface area contributed by atoms with Gasteiger partial charge in [-0.25, -0.2) is 0 Å². The summed E-state index contributed by atoms with van der Waals surface area (Å²) in [4.78, 5) is 22.6. The molecule has 0 saturated carbocycles. The quantitative estimate of drug-likeness (QED) is 0.633. The van der Waals surface area contributed by atoms with Gasteiger partial charge in [0.05, 0.1) is 18.6 Å². The summed E-state index contributed by atoms with van der Waals surface area (Å²) in [6.07, 6.45) is 0.176. The van der Waals surface area contributed by atoms with Gasteiger partial charge in [0.2, 0.25) is 0 Å². The highest BCUT2D eigenvalue weighted by Gasteiger charge is 2.12. The van der Waals surface area contributed by atoms with E-state index >= 15 is 0 Å². The molecule has 16 heavy (non-hydrogen) atoms. The predicted molar refractivity (Wildman–Crippen MR) is 64.7 cm³/mol. The van der Waals surface area contributed by atoms with Crippen LogP contribution in [0.2, 0.25) is 5.02 Å². The average molecular weight is 306 g/mol. The standard InChI is InChI=1S/C11H10BrClO3/c1-16-11(15)5-4-10(14)8-3-2-7(12)6-9(8)13/h2-3,6H,4-5H2,1H3. The summed E-state index contributed by atoms with van der Waals surface area (Å²) < 4.78 is 5.26. The third kappa shape index (κ3) is 3.61. The van der Waals surface area contributed by atoms with Gasteiger partial charge in [-0.05, 0) is 18.2 Å². The zero-order chi connectivity index (χ0) is 12.1. The summed E-state index contributed by atoms with van der Waals surface area (Å²) in [7, 11) is 1.29. The number of halogens is 2. The van der Waals surface area contributed by atoms with E-state index in [2.05, 4.69) is 20.7 Å². The Morgan fingerprint density at radius 1 is 1.38 bits per heavy atom. The van der Waals surface area contributed by atoms with E-state index < -0.39 is 5.97 Å². The molecule has 86 valence electrons. The minimum absolute atomic E-state index is 0.0712. The van der Waals surface area contributed by atoms with E-state index in [1.54, 1.807) is 18.2 Å². The van der Waals surface area contributed by atoms with Crippen molar-refractivity contribution in [3.8, 4) is 0 Å². The lowest BCUT2D eigenvalue weighted by molar-refractivity contribution is -0.140. The Hall–Kier alpha value is -0.870. The Labute approximate surface area is 107 Å². The van der Waals surface area contributed by atoms with Crippen molar-refractivity contribution in [3.05, 3.63) is 33.3 Å². The molecule has 0 amide bonds. The van der Waals surface area contributed by atoms with E-state index in [-0.39, 0.29) is 18.6 Å². The average Bonchev–Trinajstić information content (AvgIpc) is 2.25. The molecule has 0 aliphatic carbocycles. The van der Waals surface area contributed by atoms with Gasteiger partial charge >= 0.3 is 5.97 Å². The van der Waals surface area contributed by atoms with Gasteiger partial charge in [0.15, 0.2) is 5.78 Å². The molecule has 5 heteroatoms. The number of carbonyl (C=O) groups excluding carboxylic acids is 2. The normalized spacial score (nSPS) is 9.94. The van der Waals surface area contributed by atoms with Crippen molar-refractivity contribution in [1.82, 2.24) is 0 Å². The molecular formula is C11H10BrClO3. The molecular weight excluding hydrogens is 295 g/mol. The monoisotopic (exact) mass is 304 g/mol. The lowest BCUT2D eigenvalue weighted by Gasteiger charge is -2.03. The van der Waals surface area contributed by atoms with Crippen LogP contribution in [0.25, 0.3) is 0 Å². The Balaban J connectivity index is 2.70. The first-order valence-corrected chi connectivity index (χ1v) is 5.76. The second kappa shape index (κ2) is 6.01. The summed E-state index contributed by atoms with van der Waals surface area (Å²) in [6, 6.07) is 5.01. The van der Waals surface area contributed by atoms with E-state index in [0.29, 0.717) is 10.6 Å². The number of Topliss-reactive ketones (excluding diaryl/α,β-unsaturated/α-hetero) is 1. The van der Waals surface area contributed by atoms with Crippen molar-refractivity contribution in [2.45, 2.75) is 12.8 Å². The van der Waals surface area contributed by atoms with Crippen LogP contribution in [-0.2, 0) is 9.53 Å². The molecule has 0 aromatic heterocycles. The van der Waals surface area contributed by atoms with Gasteiger partial charge in [-0.15, -0.1) is 0 Å². The van der Waals surface area contributed by atoms with Crippen LogP contribution in [0.1, 0.15) is 23.2 Å². The summed E-state index contributed by atoms with van der Waals surface area (Å²) in [5.74, 6) is -0.565. The topological polar surface area (TPSA) is 43.4 Å². The molecule has 0 N–H and O–H groups in total. The second-order valence-corrected chi connectivity index (χ2v) is 4.45. The zero-order valence-corrected chi connectivity index (χ0v) is 11.0.